The first-order valence-corrected chi connectivity index (χ1v) is 10.5. The molecule has 8 heteroatoms. The first-order chi connectivity index (χ1) is 14.3. The minimum absolute atomic E-state index is 0.0825. The molecule has 2 N–H and O–H groups in total. The van der Waals surface area contributed by atoms with Crippen LogP contribution in [-0.4, -0.2) is 52.0 Å². The van der Waals surface area contributed by atoms with Crippen molar-refractivity contribution < 1.29 is 18.3 Å². The largest absolute Gasteiger partial charge is 0.392 e. The van der Waals surface area contributed by atoms with Gasteiger partial charge in [0.05, 0.1) is 11.8 Å². The number of aliphatic hydroxyl groups excluding tert-OH is 1. The minimum Gasteiger partial charge on any atom is -0.392 e. The zero-order valence-corrected chi connectivity index (χ0v) is 17.2. The highest BCUT2D eigenvalue weighted by atomic mass is 19.2. The van der Waals surface area contributed by atoms with Crippen LogP contribution in [0.4, 0.5) is 19.0 Å². The van der Waals surface area contributed by atoms with Gasteiger partial charge in [0.1, 0.15) is 11.6 Å². The Hall–Kier alpha value is -2.19. The summed E-state index contributed by atoms with van der Waals surface area (Å²) in [4.78, 5) is 2.36. The molecule has 0 spiro atoms. The summed E-state index contributed by atoms with van der Waals surface area (Å²) in [7, 11) is 0. The molecule has 1 aliphatic heterocycles. The first-order valence-electron chi connectivity index (χ1n) is 10.5. The van der Waals surface area contributed by atoms with Gasteiger partial charge in [-0.1, -0.05) is 13.8 Å². The maximum Gasteiger partial charge on any atom is 0.168 e. The van der Waals surface area contributed by atoms with Crippen molar-refractivity contribution in [1.29, 1.82) is 0 Å². The standard InChI is InChI=1S/C22H27F3N4O/c1-12(2)20(30)11-29-9-13-5-16(6-14(13)10-29)26-21-4-3-19(27-28-21)17-7-15(23)8-18(24)22(17)25/h3-4,7-8,12-14,16,20,30H,5-6,9-11H2,1-2H3,(H,26,28)/t13-,14+,16+,20?. The Morgan fingerprint density at radius 2 is 1.80 bits per heavy atom. The molecular weight excluding hydrogens is 393 g/mol. The van der Waals surface area contributed by atoms with Crippen LogP contribution in [0.25, 0.3) is 11.3 Å². The number of aliphatic hydroxyl groups is 1. The Balaban J connectivity index is 1.34. The fourth-order valence-corrected chi connectivity index (χ4v) is 4.64. The predicted molar refractivity (Wildman–Crippen MR) is 108 cm³/mol. The van der Waals surface area contributed by atoms with E-state index in [1.165, 1.54) is 6.07 Å². The highest BCUT2D eigenvalue weighted by Gasteiger charge is 2.41. The van der Waals surface area contributed by atoms with E-state index in [-0.39, 0.29) is 29.3 Å². The smallest absolute Gasteiger partial charge is 0.168 e. The van der Waals surface area contributed by atoms with Crippen molar-refractivity contribution in [3.05, 3.63) is 41.7 Å². The molecule has 1 saturated heterocycles. The van der Waals surface area contributed by atoms with Gasteiger partial charge in [0, 0.05) is 37.3 Å². The lowest BCUT2D eigenvalue weighted by molar-refractivity contribution is 0.0824. The van der Waals surface area contributed by atoms with Crippen molar-refractivity contribution in [2.75, 3.05) is 25.0 Å². The quantitative estimate of drug-likeness (QED) is 0.698. The normalized spacial score (nSPS) is 25.0. The number of nitrogens with zero attached hydrogens (tertiary/aromatic N) is 3. The van der Waals surface area contributed by atoms with Gasteiger partial charge in [-0.25, -0.2) is 13.2 Å². The zero-order valence-electron chi connectivity index (χ0n) is 17.2. The summed E-state index contributed by atoms with van der Waals surface area (Å²) in [5.74, 6) is -1.23. The fourth-order valence-electron chi connectivity index (χ4n) is 4.64. The topological polar surface area (TPSA) is 61.3 Å². The molecule has 1 aromatic heterocycles. The summed E-state index contributed by atoms with van der Waals surface area (Å²) in [6.07, 6.45) is 1.75. The first kappa shape index (κ1) is 21.1. The molecule has 0 radical (unpaired) electrons. The Bertz CT molecular complexity index is 879. The zero-order chi connectivity index (χ0) is 21.4. The van der Waals surface area contributed by atoms with E-state index in [9.17, 15) is 18.3 Å². The summed E-state index contributed by atoms with van der Waals surface area (Å²) in [5, 5.41) is 21.5. The van der Waals surface area contributed by atoms with E-state index in [1.54, 1.807) is 6.07 Å². The number of nitrogens with one attached hydrogen (secondary N) is 1. The highest BCUT2D eigenvalue weighted by Crippen LogP contribution is 2.39. The molecular formula is C22H27F3N4O. The second-order valence-corrected chi connectivity index (χ2v) is 8.92. The van der Waals surface area contributed by atoms with Crippen LogP contribution in [0.1, 0.15) is 26.7 Å². The summed E-state index contributed by atoms with van der Waals surface area (Å²) >= 11 is 0. The number of fused-ring (bicyclic) bond motifs is 1. The number of hydrogen-bond donors (Lipinski definition) is 2. The van der Waals surface area contributed by atoms with E-state index < -0.39 is 17.5 Å². The molecule has 4 rings (SSSR count). The number of benzene rings is 1. The van der Waals surface area contributed by atoms with Gasteiger partial charge >= 0.3 is 0 Å². The average Bonchev–Trinajstić information content (AvgIpc) is 3.23. The molecule has 0 bridgehead atoms. The predicted octanol–water partition coefficient (Wildman–Crippen LogP) is 3.70. The number of β-amino-alcohol motifs (C(OH)–C–C–N with tert-alkyl or cyclic N) is 1. The summed E-state index contributed by atoms with van der Waals surface area (Å²) in [5.41, 5.74) is -0.162. The molecule has 5 nitrogen and oxygen atoms in total. The maximum atomic E-state index is 13.9. The SMILES string of the molecule is CC(C)C(O)CN1C[C@H]2C[C@H](Nc3ccc(-c4cc(F)cc(F)c4F)nn3)C[C@H]2C1. The van der Waals surface area contributed by atoms with Crippen molar-refractivity contribution in [1.82, 2.24) is 15.1 Å². The molecule has 30 heavy (non-hydrogen) atoms. The summed E-state index contributed by atoms with van der Waals surface area (Å²) in [6, 6.07) is 4.86. The summed E-state index contributed by atoms with van der Waals surface area (Å²) < 4.78 is 40.8. The Kier molecular flexibility index (Phi) is 5.97. The molecule has 1 aliphatic carbocycles. The average molecular weight is 420 g/mol. The van der Waals surface area contributed by atoms with E-state index >= 15 is 0 Å². The van der Waals surface area contributed by atoms with E-state index in [1.807, 2.05) is 13.8 Å². The highest BCUT2D eigenvalue weighted by molar-refractivity contribution is 5.60. The van der Waals surface area contributed by atoms with Gasteiger partial charge in [0.15, 0.2) is 11.6 Å². The van der Waals surface area contributed by atoms with Crippen LogP contribution in [0, 0.1) is 35.2 Å². The Labute approximate surface area is 174 Å². The van der Waals surface area contributed by atoms with Crippen LogP contribution in [-0.2, 0) is 0 Å². The number of likely N-dealkylation sites (tertiary alicyclic amines) is 1. The van der Waals surface area contributed by atoms with Gasteiger partial charge in [-0.2, -0.15) is 0 Å². The van der Waals surface area contributed by atoms with Crippen molar-refractivity contribution in [2.24, 2.45) is 17.8 Å². The van der Waals surface area contributed by atoms with Gasteiger partial charge in [0.25, 0.3) is 0 Å². The fraction of sp³-hybridized carbons (Fsp3) is 0.545. The molecule has 2 fully saturated rings. The van der Waals surface area contributed by atoms with Crippen molar-refractivity contribution >= 4 is 5.82 Å². The van der Waals surface area contributed by atoms with E-state index in [4.69, 9.17) is 0 Å². The van der Waals surface area contributed by atoms with Gasteiger partial charge in [-0.15, -0.1) is 10.2 Å². The van der Waals surface area contributed by atoms with Crippen LogP contribution in [0.3, 0.4) is 0 Å². The molecule has 2 aliphatic rings. The van der Waals surface area contributed by atoms with Gasteiger partial charge in [0.2, 0.25) is 0 Å². The van der Waals surface area contributed by atoms with Crippen molar-refractivity contribution in [3.8, 4) is 11.3 Å². The molecule has 1 saturated carbocycles. The molecule has 2 aromatic rings. The third-order valence-corrected chi connectivity index (χ3v) is 6.33. The Morgan fingerprint density at radius 1 is 1.10 bits per heavy atom. The van der Waals surface area contributed by atoms with E-state index in [0.29, 0.717) is 23.7 Å². The second-order valence-electron chi connectivity index (χ2n) is 8.92. The van der Waals surface area contributed by atoms with E-state index in [0.717, 1.165) is 38.5 Å². The van der Waals surface area contributed by atoms with Crippen LogP contribution in [0.2, 0.25) is 0 Å². The number of rotatable bonds is 6. The second kappa shape index (κ2) is 8.51. The molecule has 162 valence electrons. The van der Waals surface area contributed by atoms with Gasteiger partial charge in [-0.05, 0) is 48.8 Å². The Morgan fingerprint density at radius 3 is 2.40 bits per heavy atom. The van der Waals surface area contributed by atoms with Crippen LogP contribution in [0.15, 0.2) is 24.3 Å². The third-order valence-electron chi connectivity index (χ3n) is 6.33. The lowest BCUT2D eigenvalue weighted by atomic mass is 10.0. The van der Waals surface area contributed by atoms with Gasteiger partial charge < -0.3 is 15.3 Å². The monoisotopic (exact) mass is 420 g/mol. The third kappa shape index (κ3) is 4.44. The lowest BCUT2D eigenvalue weighted by Gasteiger charge is -2.24. The van der Waals surface area contributed by atoms with Crippen LogP contribution in [0.5, 0.6) is 0 Å². The van der Waals surface area contributed by atoms with Crippen LogP contribution < -0.4 is 5.32 Å². The number of aromatic nitrogens is 2. The molecule has 2 heterocycles. The number of halogens is 3. The molecule has 4 atom stereocenters. The number of anilines is 1. The summed E-state index contributed by atoms with van der Waals surface area (Å²) in [6.45, 7) is 6.80. The number of hydrogen-bond acceptors (Lipinski definition) is 5. The molecule has 1 aromatic carbocycles. The van der Waals surface area contributed by atoms with Crippen LogP contribution >= 0.6 is 0 Å². The van der Waals surface area contributed by atoms with Crippen molar-refractivity contribution in [2.45, 2.75) is 38.8 Å². The van der Waals surface area contributed by atoms with E-state index in [2.05, 4.69) is 20.4 Å². The molecule has 1 unspecified atom stereocenters. The lowest BCUT2D eigenvalue weighted by Crippen LogP contribution is -2.35. The van der Waals surface area contributed by atoms with Gasteiger partial charge in [-0.3, -0.25) is 0 Å². The minimum atomic E-state index is -1.25. The van der Waals surface area contributed by atoms with Crippen molar-refractivity contribution in [3.63, 3.8) is 0 Å². The maximum absolute atomic E-state index is 13.9. The molecule has 0 amide bonds.